The second-order valence-electron chi connectivity index (χ2n) is 2.69. The maximum absolute atomic E-state index is 10.7. The van der Waals surface area contributed by atoms with Gasteiger partial charge in [0.2, 0.25) is 0 Å². The molecular formula is C8H7N3O2. The molecule has 0 saturated carbocycles. The summed E-state index contributed by atoms with van der Waals surface area (Å²) in [6.45, 7) is 0. The van der Waals surface area contributed by atoms with E-state index >= 15 is 0 Å². The summed E-state index contributed by atoms with van der Waals surface area (Å²) in [6, 6.07) is 1.69. The van der Waals surface area contributed by atoms with Crippen LogP contribution >= 0.6 is 0 Å². The number of aromatic nitrogens is 3. The molecule has 0 fully saturated rings. The molecule has 66 valence electrons. The van der Waals surface area contributed by atoms with E-state index in [1.807, 2.05) is 0 Å². The lowest BCUT2D eigenvalue weighted by Crippen LogP contribution is -2.01. The predicted octanol–water partition coefficient (Wildman–Crippen LogP) is 0.666. The van der Waals surface area contributed by atoms with Crippen LogP contribution in [0.25, 0.3) is 11.0 Å². The minimum absolute atomic E-state index is 0.0469. The Bertz CT molecular complexity index is 475. The van der Waals surface area contributed by atoms with Crippen molar-refractivity contribution in [2.75, 3.05) is 0 Å². The molecule has 0 unspecified atom stereocenters. The maximum Gasteiger partial charge on any atom is 0.355 e. The van der Waals surface area contributed by atoms with Gasteiger partial charge in [-0.25, -0.2) is 14.8 Å². The van der Waals surface area contributed by atoms with Crippen LogP contribution in [-0.2, 0) is 7.05 Å². The van der Waals surface area contributed by atoms with Crippen molar-refractivity contribution >= 4 is 17.0 Å². The first-order chi connectivity index (χ1) is 6.20. The van der Waals surface area contributed by atoms with E-state index in [0.29, 0.717) is 11.0 Å². The highest BCUT2D eigenvalue weighted by molar-refractivity contribution is 5.99. The minimum Gasteiger partial charge on any atom is -0.476 e. The second-order valence-corrected chi connectivity index (χ2v) is 2.69. The summed E-state index contributed by atoms with van der Waals surface area (Å²) in [7, 11) is 1.81. The van der Waals surface area contributed by atoms with E-state index in [2.05, 4.69) is 9.97 Å². The van der Waals surface area contributed by atoms with Crippen LogP contribution in [0.15, 0.2) is 18.6 Å². The minimum atomic E-state index is -1.03. The normalized spacial score (nSPS) is 10.5. The number of hydrogen-bond donors (Lipinski definition) is 1. The maximum atomic E-state index is 10.7. The lowest BCUT2D eigenvalue weighted by molar-refractivity contribution is 0.0692. The fourth-order valence-electron chi connectivity index (χ4n) is 1.25. The molecule has 2 aromatic heterocycles. The summed E-state index contributed by atoms with van der Waals surface area (Å²) in [5.41, 5.74) is 0.679. The summed E-state index contributed by atoms with van der Waals surface area (Å²) in [5.74, 6) is -1.03. The van der Waals surface area contributed by atoms with Crippen LogP contribution in [0, 0.1) is 0 Å². The molecule has 2 aromatic rings. The van der Waals surface area contributed by atoms with E-state index in [1.165, 1.54) is 6.33 Å². The van der Waals surface area contributed by atoms with Gasteiger partial charge in [0.25, 0.3) is 0 Å². The first-order valence-corrected chi connectivity index (χ1v) is 3.69. The highest BCUT2D eigenvalue weighted by Gasteiger charge is 2.11. The third-order valence-electron chi connectivity index (χ3n) is 1.86. The van der Waals surface area contributed by atoms with Gasteiger partial charge in [0, 0.05) is 13.2 Å². The fraction of sp³-hybridized carbons (Fsp3) is 0.125. The summed E-state index contributed by atoms with van der Waals surface area (Å²) >= 11 is 0. The molecule has 0 spiro atoms. The van der Waals surface area contributed by atoms with Gasteiger partial charge < -0.3 is 9.67 Å². The van der Waals surface area contributed by atoms with Gasteiger partial charge >= 0.3 is 5.97 Å². The molecule has 0 aliphatic heterocycles. The number of rotatable bonds is 1. The molecular weight excluding hydrogens is 170 g/mol. The Balaban J connectivity index is 2.84. The van der Waals surface area contributed by atoms with Crippen LogP contribution in [0.4, 0.5) is 0 Å². The fourth-order valence-corrected chi connectivity index (χ4v) is 1.25. The van der Waals surface area contributed by atoms with Crippen LogP contribution < -0.4 is 0 Å². The Hall–Kier alpha value is -1.91. The predicted molar refractivity (Wildman–Crippen MR) is 45.5 cm³/mol. The quantitative estimate of drug-likeness (QED) is 0.695. The van der Waals surface area contributed by atoms with Crippen molar-refractivity contribution in [3.8, 4) is 0 Å². The van der Waals surface area contributed by atoms with Crippen molar-refractivity contribution in [3.63, 3.8) is 0 Å². The van der Waals surface area contributed by atoms with Gasteiger partial charge in [-0.3, -0.25) is 0 Å². The molecule has 0 bridgehead atoms. The summed E-state index contributed by atoms with van der Waals surface area (Å²) in [5, 5.41) is 9.36. The largest absolute Gasteiger partial charge is 0.476 e. The highest BCUT2D eigenvalue weighted by atomic mass is 16.4. The Morgan fingerprint density at radius 3 is 3.00 bits per heavy atom. The topological polar surface area (TPSA) is 68.0 Å². The SMILES string of the molecule is Cn1ccc2c(C(=O)O)ncnc21. The van der Waals surface area contributed by atoms with Gasteiger partial charge in [0.15, 0.2) is 5.69 Å². The molecule has 5 heteroatoms. The van der Waals surface area contributed by atoms with Gasteiger partial charge in [0.05, 0.1) is 5.39 Å². The second kappa shape index (κ2) is 2.55. The molecule has 2 heterocycles. The Labute approximate surface area is 73.7 Å². The molecule has 0 atom stereocenters. The van der Waals surface area contributed by atoms with E-state index < -0.39 is 5.97 Å². The monoisotopic (exact) mass is 177 g/mol. The number of nitrogens with zero attached hydrogens (tertiary/aromatic N) is 3. The number of aryl methyl sites for hydroxylation is 1. The summed E-state index contributed by atoms with van der Waals surface area (Å²) in [4.78, 5) is 18.4. The average molecular weight is 177 g/mol. The van der Waals surface area contributed by atoms with Crippen molar-refractivity contribution in [3.05, 3.63) is 24.3 Å². The Morgan fingerprint density at radius 1 is 1.54 bits per heavy atom. The third-order valence-corrected chi connectivity index (χ3v) is 1.86. The first kappa shape index (κ1) is 7.72. The van der Waals surface area contributed by atoms with Crippen LogP contribution in [0.2, 0.25) is 0 Å². The van der Waals surface area contributed by atoms with Crippen molar-refractivity contribution in [1.29, 1.82) is 0 Å². The molecule has 5 nitrogen and oxygen atoms in total. The smallest absolute Gasteiger partial charge is 0.355 e. The van der Waals surface area contributed by atoms with E-state index in [1.54, 1.807) is 23.9 Å². The molecule has 2 rings (SSSR count). The zero-order chi connectivity index (χ0) is 9.42. The van der Waals surface area contributed by atoms with Crippen molar-refractivity contribution in [1.82, 2.24) is 14.5 Å². The van der Waals surface area contributed by atoms with Crippen LogP contribution in [0.1, 0.15) is 10.5 Å². The van der Waals surface area contributed by atoms with Crippen LogP contribution in [-0.4, -0.2) is 25.6 Å². The molecule has 0 aromatic carbocycles. The molecule has 1 N–H and O–H groups in total. The lowest BCUT2D eigenvalue weighted by Gasteiger charge is -1.96. The van der Waals surface area contributed by atoms with Gasteiger partial charge in [0.1, 0.15) is 12.0 Å². The van der Waals surface area contributed by atoms with Gasteiger partial charge in [-0.2, -0.15) is 0 Å². The Kier molecular flexibility index (Phi) is 1.51. The summed E-state index contributed by atoms with van der Waals surface area (Å²) in [6.07, 6.45) is 3.01. The number of hydrogen-bond acceptors (Lipinski definition) is 3. The molecule has 13 heavy (non-hydrogen) atoms. The average Bonchev–Trinajstić information content (AvgIpc) is 2.48. The number of aromatic carboxylic acids is 1. The molecule has 0 aliphatic carbocycles. The zero-order valence-corrected chi connectivity index (χ0v) is 6.93. The van der Waals surface area contributed by atoms with E-state index in [-0.39, 0.29) is 5.69 Å². The number of fused-ring (bicyclic) bond motifs is 1. The Morgan fingerprint density at radius 2 is 2.31 bits per heavy atom. The highest BCUT2D eigenvalue weighted by Crippen LogP contribution is 2.14. The van der Waals surface area contributed by atoms with Crippen LogP contribution in [0.5, 0.6) is 0 Å². The van der Waals surface area contributed by atoms with Crippen molar-refractivity contribution < 1.29 is 9.90 Å². The zero-order valence-electron chi connectivity index (χ0n) is 6.93. The van der Waals surface area contributed by atoms with Gasteiger partial charge in [-0.05, 0) is 6.07 Å². The first-order valence-electron chi connectivity index (χ1n) is 3.69. The van der Waals surface area contributed by atoms with Gasteiger partial charge in [-0.15, -0.1) is 0 Å². The van der Waals surface area contributed by atoms with E-state index in [0.717, 1.165) is 0 Å². The van der Waals surface area contributed by atoms with E-state index in [4.69, 9.17) is 5.11 Å². The number of carboxylic acids is 1. The van der Waals surface area contributed by atoms with E-state index in [9.17, 15) is 4.79 Å². The molecule has 0 aliphatic rings. The third kappa shape index (κ3) is 1.05. The van der Waals surface area contributed by atoms with Crippen molar-refractivity contribution in [2.24, 2.45) is 7.05 Å². The standard InChI is InChI=1S/C8H7N3O2/c1-11-3-2-5-6(8(12)13)9-4-10-7(5)11/h2-4H,1H3,(H,12,13). The lowest BCUT2D eigenvalue weighted by atomic mass is 10.3. The van der Waals surface area contributed by atoms with Crippen LogP contribution in [0.3, 0.4) is 0 Å². The summed E-state index contributed by atoms with van der Waals surface area (Å²) < 4.78 is 1.75. The molecule has 0 amide bonds. The number of carbonyl (C=O) groups is 1. The van der Waals surface area contributed by atoms with Gasteiger partial charge in [-0.1, -0.05) is 0 Å². The van der Waals surface area contributed by atoms with Crippen molar-refractivity contribution in [2.45, 2.75) is 0 Å². The molecule has 0 saturated heterocycles. The number of carboxylic acid groups (broad SMARTS) is 1. The molecule has 0 radical (unpaired) electrons.